The number of anilines is 9. The van der Waals surface area contributed by atoms with Gasteiger partial charge in [-0.3, -0.25) is 0 Å². The Hall–Kier alpha value is -10.4. The zero-order valence-electron chi connectivity index (χ0n) is 54.2. The summed E-state index contributed by atoms with van der Waals surface area (Å²) in [6.45, 7) is 6.16. The van der Waals surface area contributed by atoms with Crippen LogP contribution in [-0.4, -0.2) is 5.79 Å². The summed E-state index contributed by atoms with van der Waals surface area (Å²) in [7, 11) is 0. The minimum Gasteiger partial charge on any atom is -0.449 e. The Morgan fingerprint density at radius 2 is 0.649 bits per heavy atom. The van der Waals surface area contributed by atoms with Gasteiger partial charge in [-0.15, -0.1) is 0 Å². The van der Waals surface area contributed by atoms with Gasteiger partial charge in [0.15, 0.2) is 11.5 Å². The maximum absolute atomic E-state index is 5.99. The summed E-state index contributed by atoms with van der Waals surface area (Å²) in [5.41, 5.74) is 26.0. The Labute approximate surface area is 556 Å². The molecule has 4 bridgehead atoms. The number of hydrogen-bond acceptors (Lipinski definition) is 5. The van der Waals surface area contributed by atoms with E-state index in [9.17, 15) is 0 Å². The van der Waals surface area contributed by atoms with Gasteiger partial charge in [0.05, 0.1) is 17.1 Å². The van der Waals surface area contributed by atoms with E-state index in [-0.39, 0.29) is 0 Å². The molecule has 0 aromatic heterocycles. The van der Waals surface area contributed by atoms with Crippen LogP contribution < -0.4 is 24.2 Å². The molecule has 94 heavy (non-hydrogen) atoms. The standard InChI is InChI=1S/C32H31N.C30H27N.C27H23NO2/c1-3-15-27(16-4-1)33(28-17-5-2-6-18-28)32-20-8-7-19-30(32)26-21-22-29-24-11-9-13-25(14-10-12-24)31(29)23-26;1-21-18-24(20-28-22-16-17-23(19-22)30(21)28)27-14-8-9-15-29(27)31(25-10-4-2-5-11-25)26-12-6-3-7-13-26;1-27(2)29-25-18-17-20(19-26(25)30-27)23-15-9-10-16-24(23)28(21-11-5-3-6-12-21)22-13-7-4-8-14-22/h1-8,15-25H,9-14H2;2-15,18,20,22-23H,16-17,19H2,1H3;3-19H,1-2H3. The predicted octanol–water partition coefficient (Wildman–Crippen LogP) is 25.2. The minimum absolute atomic E-state index is 0.638. The van der Waals surface area contributed by atoms with E-state index in [1.807, 2.05) is 32.0 Å². The monoisotopic (exact) mass is 1220 g/mol. The number of fused-ring (bicyclic) bond motifs is 6. The van der Waals surface area contributed by atoms with Crippen molar-refractivity contribution < 1.29 is 9.47 Å². The molecule has 1 heterocycles. The molecule has 0 spiro atoms. The molecule has 1 saturated carbocycles. The van der Waals surface area contributed by atoms with Gasteiger partial charge in [-0.25, -0.2) is 0 Å². The first-order valence-electron chi connectivity index (χ1n) is 34.1. The molecule has 0 amide bonds. The molecule has 4 aliphatic carbocycles. The van der Waals surface area contributed by atoms with Gasteiger partial charge in [-0.2, -0.15) is 0 Å². The molecule has 0 radical (unpaired) electrons. The van der Waals surface area contributed by atoms with Crippen LogP contribution in [0.25, 0.3) is 33.4 Å². The van der Waals surface area contributed by atoms with Gasteiger partial charge in [0.2, 0.25) is 5.79 Å². The molecular formula is C89H81N3O2. The largest absolute Gasteiger partial charge is 0.449 e. The molecule has 1 fully saturated rings. The first-order valence-corrected chi connectivity index (χ1v) is 34.1. The van der Waals surface area contributed by atoms with Crippen LogP contribution in [0.1, 0.15) is 123 Å². The lowest BCUT2D eigenvalue weighted by atomic mass is 9.85. The lowest BCUT2D eigenvalue weighted by molar-refractivity contribution is -0.0431. The molecule has 0 N–H and O–H groups in total. The first kappa shape index (κ1) is 59.9. The van der Waals surface area contributed by atoms with Crippen LogP contribution in [-0.2, 0) is 0 Å². The second-order valence-corrected chi connectivity index (χ2v) is 26.4. The molecule has 0 saturated heterocycles. The Morgan fingerprint density at radius 1 is 0.298 bits per heavy atom. The fraction of sp³-hybridized carbons (Fsp3) is 0.191. The third-order valence-corrected chi connectivity index (χ3v) is 20.0. The van der Waals surface area contributed by atoms with Gasteiger partial charge in [0.1, 0.15) is 0 Å². The van der Waals surface area contributed by atoms with Crippen molar-refractivity contribution in [2.24, 2.45) is 0 Å². The Morgan fingerprint density at radius 3 is 1.10 bits per heavy atom. The van der Waals surface area contributed by atoms with E-state index in [4.69, 9.17) is 9.47 Å². The van der Waals surface area contributed by atoms with Crippen molar-refractivity contribution >= 4 is 51.2 Å². The maximum Gasteiger partial charge on any atom is 0.246 e. The molecule has 17 rings (SSSR count). The Bertz CT molecular complexity index is 4430. The smallest absolute Gasteiger partial charge is 0.246 e. The third-order valence-electron chi connectivity index (χ3n) is 20.0. The van der Waals surface area contributed by atoms with Gasteiger partial charge >= 0.3 is 0 Å². The van der Waals surface area contributed by atoms with Crippen molar-refractivity contribution in [3.8, 4) is 44.9 Å². The van der Waals surface area contributed by atoms with Crippen LogP contribution in [0.2, 0.25) is 0 Å². The molecule has 2 atom stereocenters. The Balaban J connectivity index is 0.000000116. The van der Waals surface area contributed by atoms with Gasteiger partial charge < -0.3 is 24.2 Å². The number of nitrogens with zero attached hydrogens (tertiary/aromatic N) is 3. The highest BCUT2D eigenvalue weighted by atomic mass is 16.7. The number of benzene rings is 12. The summed E-state index contributed by atoms with van der Waals surface area (Å²) in [4.78, 5) is 7.05. The molecule has 464 valence electrons. The van der Waals surface area contributed by atoms with Crippen molar-refractivity contribution in [3.05, 3.63) is 331 Å². The van der Waals surface area contributed by atoms with Crippen LogP contribution in [0.4, 0.5) is 51.2 Å². The van der Waals surface area contributed by atoms with E-state index >= 15 is 0 Å². The van der Waals surface area contributed by atoms with Crippen LogP contribution >= 0.6 is 0 Å². The van der Waals surface area contributed by atoms with E-state index in [0.29, 0.717) is 0 Å². The van der Waals surface area contributed by atoms with E-state index < -0.39 is 5.79 Å². The quantitative estimate of drug-likeness (QED) is 0.122. The maximum atomic E-state index is 5.99. The fourth-order valence-corrected chi connectivity index (χ4v) is 15.9. The molecule has 1 aliphatic heterocycles. The van der Waals surface area contributed by atoms with Crippen LogP contribution in [0.15, 0.2) is 303 Å². The van der Waals surface area contributed by atoms with E-state index in [1.165, 1.54) is 120 Å². The van der Waals surface area contributed by atoms with E-state index in [1.54, 1.807) is 22.3 Å². The highest BCUT2D eigenvalue weighted by Gasteiger charge is 2.39. The average molecular weight is 1220 g/mol. The normalized spacial score (nSPS) is 17.4. The second kappa shape index (κ2) is 26.7. The summed E-state index contributed by atoms with van der Waals surface area (Å²) in [5.74, 6) is 3.99. The Kier molecular flexibility index (Phi) is 17.0. The van der Waals surface area contributed by atoms with Gasteiger partial charge in [-0.1, -0.05) is 213 Å². The highest BCUT2D eigenvalue weighted by Crippen LogP contribution is 2.56. The number of aryl methyl sites for hydroxylation is 1. The number of ether oxygens (including phenoxy) is 2. The zero-order chi connectivity index (χ0) is 63.4. The van der Waals surface area contributed by atoms with Crippen molar-refractivity contribution in [2.75, 3.05) is 14.7 Å². The first-order chi connectivity index (χ1) is 46.3. The van der Waals surface area contributed by atoms with E-state index in [2.05, 4.69) is 307 Å². The third kappa shape index (κ3) is 12.3. The summed E-state index contributed by atoms with van der Waals surface area (Å²) in [6, 6.07) is 108. The van der Waals surface area contributed by atoms with Crippen molar-refractivity contribution in [2.45, 2.75) is 108 Å². The van der Waals surface area contributed by atoms with Crippen molar-refractivity contribution in [3.63, 3.8) is 0 Å². The predicted molar refractivity (Wildman–Crippen MR) is 392 cm³/mol. The van der Waals surface area contributed by atoms with Crippen LogP contribution in [0.3, 0.4) is 0 Å². The van der Waals surface area contributed by atoms with Crippen molar-refractivity contribution in [1.82, 2.24) is 0 Å². The molecular weight excluding hydrogens is 1140 g/mol. The molecule has 2 unspecified atom stereocenters. The van der Waals surface area contributed by atoms with Gasteiger partial charge in [-0.05, 0) is 223 Å². The average Bonchev–Trinajstić information content (AvgIpc) is 1.51. The summed E-state index contributed by atoms with van der Waals surface area (Å²) in [5, 5.41) is 0. The van der Waals surface area contributed by atoms with Crippen LogP contribution in [0.5, 0.6) is 11.5 Å². The minimum atomic E-state index is -0.638. The number of hydrogen-bond donors (Lipinski definition) is 0. The van der Waals surface area contributed by atoms with Crippen LogP contribution in [0, 0.1) is 6.92 Å². The lowest BCUT2D eigenvalue weighted by Crippen LogP contribution is -2.29. The van der Waals surface area contributed by atoms with Gasteiger partial charge in [0.25, 0.3) is 0 Å². The van der Waals surface area contributed by atoms with Gasteiger partial charge in [0, 0.05) is 64.7 Å². The SMILES string of the molecule is CC1(C)Oc2ccc(-c3ccccc3N(c3ccccc3)c3ccccc3)cc2O1.Cc1cc(-c2ccccc2N(c2ccccc2)c2ccccc2)cc2c1C1CCC2C1.c1ccc(N(c2ccccc2)c2ccccc2-c2ccc3c(c2)C2CCCC3CCC2)cc1. The number of rotatable bonds is 12. The lowest BCUT2D eigenvalue weighted by Gasteiger charge is -2.28. The topological polar surface area (TPSA) is 28.2 Å². The zero-order valence-corrected chi connectivity index (χ0v) is 54.2. The second-order valence-electron chi connectivity index (χ2n) is 26.4. The van der Waals surface area contributed by atoms with Crippen molar-refractivity contribution in [1.29, 1.82) is 0 Å². The fourth-order valence-electron chi connectivity index (χ4n) is 15.9. The summed E-state index contributed by atoms with van der Waals surface area (Å²) < 4.78 is 11.9. The molecule has 5 aliphatic rings. The highest BCUT2D eigenvalue weighted by molar-refractivity contribution is 5.91. The van der Waals surface area contributed by atoms with E-state index in [0.717, 1.165) is 63.4 Å². The summed E-state index contributed by atoms with van der Waals surface area (Å²) in [6.07, 6.45) is 12.3. The molecule has 5 nitrogen and oxygen atoms in total. The summed E-state index contributed by atoms with van der Waals surface area (Å²) >= 11 is 0. The number of para-hydroxylation sites is 9. The molecule has 12 aromatic rings. The molecule has 5 heteroatoms. The molecule has 12 aromatic carbocycles.